The number of hydrogen-bond donors (Lipinski definition) is 1. The monoisotopic (exact) mass is 156 g/mol. The zero-order valence-corrected chi connectivity index (χ0v) is 7.26. The molecule has 11 heavy (non-hydrogen) atoms. The summed E-state index contributed by atoms with van der Waals surface area (Å²) >= 11 is 0. The van der Waals surface area contributed by atoms with Gasteiger partial charge in [-0.2, -0.15) is 0 Å². The van der Waals surface area contributed by atoms with Crippen LogP contribution in [0.5, 0.6) is 0 Å². The second-order valence-electron chi connectivity index (χ2n) is 3.70. The first-order chi connectivity index (χ1) is 5.07. The molecule has 1 aliphatic rings. The van der Waals surface area contributed by atoms with E-state index in [-0.39, 0.29) is 11.3 Å². The lowest BCUT2D eigenvalue weighted by Gasteiger charge is -2.14. The van der Waals surface area contributed by atoms with Gasteiger partial charge < -0.3 is 10.6 Å². The van der Waals surface area contributed by atoms with E-state index < -0.39 is 0 Å². The molecule has 1 fully saturated rings. The lowest BCUT2D eigenvalue weighted by atomic mass is 10.0. The minimum absolute atomic E-state index is 0.112. The van der Waals surface area contributed by atoms with Crippen LogP contribution in [0.15, 0.2) is 0 Å². The molecule has 64 valence electrons. The Kier molecular flexibility index (Phi) is 2.18. The molecule has 1 aliphatic carbocycles. The van der Waals surface area contributed by atoms with Crippen molar-refractivity contribution in [2.45, 2.75) is 19.3 Å². The van der Waals surface area contributed by atoms with Crippen LogP contribution in [0.3, 0.4) is 0 Å². The maximum atomic E-state index is 10.9. The van der Waals surface area contributed by atoms with Crippen molar-refractivity contribution in [2.24, 2.45) is 11.1 Å². The van der Waals surface area contributed by atoms with Crippen LogP contribution in [0.1, 0.15) is 19.3 Å². The van der Waals surface area contributed by atoms with Gasteiger partial charge in [0.15, 0.2) is 0 Å². The fraction of sp³-hybridized carbons (Fsp3) is 0.875. The third kappa shape index (κ3) is 1.93. The molecule has 0 aromatic carbocycles. The van der Waals surface area contributed by atoms with Crippen molar-refractivity contribution < 1.29 is 4.79 Å². The number of carbonyl (C=O) groups excluding carboxylic acids is 1. The molecule has 0 heterocycles. The first-order valence-corrected chi connectivity index (χ1v) is 4.01. The molecule has 1 amide bonds. The average molecular weight is 156 g/mol. The third-order valence-corrected chi connectivity index (χ3v) is 2.41. The van der Waals surface area contributed by atoms with Crippen LogP contribution in [-0.2, 0) is 4.79 Å². The number of primary amides is 1. The minimum atomic E-state index is -0.121. The van der Waals surface area contributed by atoms with Gasteiger partial charge in [-0.15, -0.1) is 0 Å². The van der Waals surface area contributed by atoms with Crippen LogP contribution in [0, 0.1) is 5.41 Å². The summed E-state index contributed by atoms with van der Waals surface area (Å²) in [7, 11) is 4.02. The van der Waals surface area contributed by atoms with Gasteiger partial charge in [-0.05, 0) is 39.9 Å². The van der Waals surface area contributed by atoms with Crippen molar-refractivity contribution in [1.29, 1.82) is 0 Å². The van der Waals surface area contributed by atoms with Gasteiger partial charge in [-0.3, -0.25) is 4.79 Å². The standard InChI is InChI=1S/C8H16N2O/c1-10(2)6-5-8(3-4-8)7(9)11/h3-6H2,1-2H3,(H2,9,11). The van der Waals surface area contributed by atoms with Crippen molar-refractivity contribution in [3.8, 4) is 0 Å². The average Bonchev–Trinajstić information content (AvgIpc) is 2.63. The van der Waals surface area contributed by atoms with Crippen molar-refractivity contribution in [1.82, 2.24) is 4.90 Å². The molecule has 2 N–H and O–H groups in total. The van der Waals surface area contributed by atoms with Crippen LogP contribution in [0.2, 0.25) is 0 Å². The lowest BCUT2D eigenvalue weighted by Crippen LogP contribution is -2.28. The predicted molar refractivity (Wildman–Crippen MR) is 44.0 cm³/mol. The number of nitrogens with two attached hydrogens (primary N) is 1. The molecule has 0 bridgehead atoms. The molecule has 0 spiro atoms. The van der Waals surface area contributed by atoms with Crippen molar-refractivity contribution in [3.05, 3.63) is 0 Å². The molecule has 0 aromatic heterocycles. The topological polar surface area (TPSA) is 46.3 Å². The predicted octanol–water partition coefficient (Wildman–Crippen LogP) is 0.204. The Morgan fingerprint density at radius 1 is 1.55 bits per heavy atom. The smallest absolute Gasteiger partial charge is 0.223 e. The Morgan fingerprint density at radius 2 is 2.09 bits per heavy atom. The molecule has 0 radical (unpaired) electrons. The van der Waals surface area contributed by atoms with Gasteiger partial charge in [0.25, 0.3) is 0 Å². The van der Waals surface area contributed by atoms with E-state index in [9.17, 15) is 4.79 Å². The van der Waals surface area contributed by atoms with Crippen LogP contribution in [0.25, 0.3) is 0 Å². The van der Waals surface area contributed by atoms with Crippen LogP contribution in [-0.4, -0.2) is 31.4 Å². The van der Waals surface area contributed by atoms with E-state index in [0.717, 1.165) is 25.8 Å². The summed E-state index contributed by atoms with van der Waals surface area (Å²) in [6.45, 7) is 0.961. The summed E-state index contributed by atoms with van der Waals surface area (Å²) < 4.78 is 0. The zero-order chi connectivity index (χ0) is 8.48. The molecular weight excluding hydrogens is 140 g/mol. The number of hydrogen-bond acceptors (Lipinski definition) is 2. The summed E-state index contributed by atoms with van der Waals surface area (Å²) in [6, 6.07) is 0. The van der Waals surface area contributed by atoms with E-state index >= 15 is 0 Å². The normalized spacial score (nSPS) is 20.3. The Labute approximate surface area is 67.5 Å². The number of amides is 1. The zero-order valence-electron chi connectivity index (χ0n) is 7.26. The molecule has 0 aliphatic heterocycles. The largest absolute Gasteiger partial charge is 0.369 e. The van der Waals surface area contributed by atoms with Gasteiger partial charge in [0.1, 0.15) is 0 Å². The second-order valence-corrected chi connectivity index (χ2v) is 3.70. The van der Waals surface area contributed by atoms with E-state index in [4.69, 9.17) is 5.73 Å². The molecule has 3 heteroatoms. The first-order valence-electron chi connectivity index (χ1n) is 4.01. The van der Waals surface area contributed by atoms with E-state index in [1.807, 2.05) is 14.1 Å². The third-order valence-electron chi connectivity index (χ3n) is 2.41. The molecule has 1 rings (SSSR count). The summed E-state index contributed by atoms with van der Waals surface area (Å²) in [5, 5.41) is 0. The van der Waals surface area contributed by atoms with Crippen molar-refractivity contribution >= 4 is 5.91 Å². The number of carbonyl (C=O) groups is 1. The molecular formula is C8H16N2O. The Hall–Kier alpha value is -0.570. The maximum absolute atomic E-state index is 10.9. The van der Waals surface area contributed by atoms with E-state index in [0.29, 0.717) is 0 Å². The molecule has 3 nitrogen and oxygen atoms in total. The van der Waals surface area contributed by atoms with Crippen LogP contribution >= 0.6 is 0 Å². The molecule has 1 saturated carbocycles. The Morgan fingerprint density at radius 3 is 2.36 bits per heavy atom. The van der Waals surface area contributed by atoms with Gasteiger partial charge in [0.2, 0.25) is 5.91 Å². The summed E-state index contributed by atoms with van der Waals surface area (Å²) in [5.41, 5.74) is 5.14. The maximum Gasteiger partial charge on any atom is 0.223 e. The van der Waals surface area contributed by atoms with Gasteiger partial charge in [0, 0.05) is 0 Å². The highest BCUT2D eigenvalue weighted by molar-refractivity contribution is 5.83. The summed E-state index contributed by atoms with van der Waals surface area (Å²) in [4.78, 5) is 13.0. The van der Waals surface area contributed by atoms with Gasteiger partial charge >= 0.3 is 0 Å². The first kappa shape index (κ1) is 8.53. The quantitative estimate of drug-likeness (QED) is 0.632. The minimum Gasteiger partial charge on any atom is -0.369 e. The molecule has 0 aromatic rings. The Balaban J connectivity index is 2.31. The Bertz CT molecular complexity index is 161. The fourth-order valence-corrected chi connectivity index (χ4v) is 1.21. The lowest BCUT2D eigenvalue weighted by molar-refractivity contribution is -0.123. The van der Waals surface area contributed by atoms with Gasteiger partial charge in [0.05, 0.1) is 5.41 Å². The van der Waals surface area contributed by atoms with E-state index in [1.165, 1.54) is 0 Å². The van der Waals surface area contributed by atoms with E-state index in [1.54, 1.807) is 0 Å². The molecule has 0 atom stereocenters. The van der Waals surface area contributed by atoms with Crippen LogP contribution in [0.4, 0.5) is 0 Å². The SMILES string of the molecule is CN(C)CCC1(C(N)=O)CC1. The summed E-state index contributed by atoms with van der Waals surface area (Å²) in [5.74, 6) is -0.112. The van der Waals surface area contributed by atoms with Crippen molar-refractivity contribution in [2.75, 3.05) is 20.6 Å². The highest BCUT2D eigenvalue weighted by atomic mass is 16.1. The second kappa shape index (κ2) is 2.81. The highest BCUT2D eigenvalue weighted by Crippen LogP contribution is 2.48. The molecule has 0 saturated heterocycles. The highest BCUT2D eigenvalue weighted by Gasteiger charge is 2.47. The number of nitrogens with zero attached hydrogens (tertiary/aromatic N) is 1. The van der Waals surface area contributed by atoms with Crippen molar-refractivity contribution in [3.63, 3.8) is 0 Å². The summed E-state index contributed by atoms with van der Waals surface area (Å²) in [6.07, 6.45) is 2.92. The molecule has 0 unspecified atom stereocenters. The fourth-order valence-electron chi connectivity index (χ4n) is 1.21. The van der Waals surface area contributed by atoms with E-state index in [2.05, 4.69) is 4.90 Å². The van der Waals surface area contributed by atoms with Gasteiger partial charge in [-0.1, -0.05) is 0 Å². The number of rotatable bonds is 4. The van der Waals surface area contributed by atoms with Crippen LogP contribution < -0.4 is 5.73 Å². The van der Waals surface area contributed by atoms with Gasteiger partial charge in [-0.25, -0.2) is 0 Å².